The Morgan fingerprint density at radius 1 is 1.04 bits per heavy atom. The molecule has 2 aromatic carbocycles. The molecule has 0 saturated carbocycles. The summed E-state index contributed by atoms with van der Waals surface area (Å²) >= 11 is 2.83. The minimum Gasteiger partial charge on any atom is -0.330 e. The number of hydrogen-bond acceptors (Lipinski definition) is 6. The number of aryl methyl sites for hydroxylation is 4. The van der Waals surface area contributed by atoms with Crippen LogP contribution in [0.5, 0.6) is 0 Å². The molecule has 0 aliphatic carbocycles. The third-order valence-corrected chi connectivity index (χ3v) is 6.03. The Bertz CT molecular complexity index is 945. The van der Waals surface area contributed by atoms with E-state index in [4.69, 9.17) is 0 Å². The maximum atomic E-state index is 12.3. The van der Waals surface area contributed by atoms with Crippen LogP contribution in [0.3, 0.4) is 0 Å². The van der Waals surface area contributed by atoms with Crippen LogP contribution in [-0.4, -0.2) is 21.9 Å². The van der Waals surface area contributed by atoms with E-state index >= 15 is 0 Å². The van der Waals surface area contributed by atoms with E-state index in [2.05, 4.69) is 39.9 Å². The van der Waals surface area contributed by atoms with Gasteiger partial charge < -0.3 is 10.6 Å². The number of rotatable bonds is 6. The number of carbonyl (C=O) groups excluding carboxylic acids is 1. The van der Waals surface area contributed by atoms with Crippen molar-refractivity contribution in [1.29, 1.82) is 0 Å². The minimum atomic E-state index is -0.0429. The summed E-state index contributed by atoms with van der Waals surface area (Å²) in [7, 11) is 0. The van der Waals surface area contributed by atoms with Crippen LogP contribution in [0.4, 0.5) is 16.5 Å². The number of carbonyl (C=O) groups is 1. The summed E-state index contributed by atoms with van der Waals surface area (Å²) in [5.41, 5.74) is 6.39. The van der Waals surface area contributed by atoms with Gasteiger partial charge in [0, 0.05) is 11.4 Å². The second-order valence-electron chi connectivity index (χ2n) is 6.42. The van der Waals surface area contributed by atoms with Gasteiger partial charge in [0.1, 0.15) is 0 Å². The van der Waals surface area contributed by atoms with Crippen LogP contribution < -0.4 is 10.6 Å². The van der Waals surface area contributed by atoms with Crippen molar-refractivity contribution >= 4 is 45.5 Å². The molecule has 140 valence electrons. The summed E-state index contributed by atoms with van der Waals surface area (Å²) in [6.45, 7) is 8.12. The normalized spacial score (nSPS) is 10.7. The summed E-state index contributed by atoms with van der Waals surface area (Å²) in [6.07, 6.45) is 0. The van der Waals surface area contributed by atoms with Gasteiger partial charge in [0.25, 0.3) is 0 Å². The van der Waals surface area contributed by atoms with E-state index in [0.717, 1.165) is 37.5 Å². The molecule has 7 heteroatoms. The number of nitrogens with zero attached hydrogens (tertiary/aromatic N) is 2. The second kappa shape index (κ2) is 8.54. The maximum Gasteiger partial charge on any atom is 0.234 e. The van der Waals surface area contributed by atoms with E-state index < -0.39 is 0 Å². The van der Waals surface area contributed by atoms with Crippen molar-refractivity contribution in [3.05, 3.63) is 58.7 Å². The summed E-state index contributed by atoms with van der Waals surface area (Å²) in [6, 6.07) is 12.2. The van der Waals surface area contributed by atoms with Crippen LogP contribution in [0.25, 0.3) is 0 Å². The topological polar surface area (TPSA) is 66.9 Å². The Balaban J connectivity index is 1.57. The predicted molar refractivity (Wildman–Crippen MR) is 114 cm³/mol. The largest absolute Gasteiger partial charge is 0.330 e. The molecular weight excluding hydrogens is 376 g/mol. The molecule has 3 rings (SSSR count). The van der Waals surface area contributed by atoms with Crippen molar-refractivity contribution in [2.45, 2.75) is 32.0 Å². The van der Waals surface area contributed by atoms with E-state index in [0.29, 0.717) is 5.75 Å². The molecule has 27 heavy (non-hydrogen) atoms. The number of nitrogens with one attached hydrogen (secondary N) is 2. The van der Waals surface area contributed by atoms with Gasteiger partial charge in [0.15, 0.2) is 4.34 Å². The summed E-state index contributed by atoms with van der Waals surface area (Å²) in [5, 5.41) is 15.3. The van der Waals surface area contributed by atoms with Crippen LogP contribution >= 0.6 is 23.1 Å². The molecule has 0 bridgehead atoms. The molecular formula is C20H22N4OS2. The first kappa shape index (κ1) is 19.4. The SMILES string of the molecule is Cc1cc(C)c(NC(=O)CSc2nnc(Nc3ccccc3C)s2)c(C)c1. The van der Waals surface area contributed by atoms with E-state index in [9.17, 15) is 4.79 Å². The van der Waals surface area contributed by atoms with Crippen LogP contribution in [0.1, 0.15) is 22.3 Å². The summed E-state index contributed by atoms with van der Waals surface area (Å²) in [4.78, 5) is 12.3. The first-order chi connectivity index (χ1) is 12.9. The van der Waals surface area contributed by atoms with Crippen LogP contribution in [0.2, 0.25) is 0 Å². The van der Waals surface area contributed by atoms with Gasteiger partial charge in [0.05, 0.1) is 5.75 Å². The Morgan fingerprint density at radius 2 is 1.74 bits per heavy atom. The molecule has 5 nitrogen and oxygen atoms in total. The molecule has 0 aliphatic heterocycles. The zero-order chi connectivity index (χ0) is 19.4. The molecule has 0 atom stereocenters. The number of anilines is 3. The van der Waals surface area contributed by atoms with Gasteiger partial charge in [-0.2, -0.15) is 0 Å². The molecule has 0 fully saturated rings. The highest BCUT2D eigenvalue weighted by Crippen LogP contribution is 2.29. The van der Waals surface area contributed by atoms with Crippen molar-refractivity contribution in [1.82, 2.24) is 10.2 Å². The summed E-state index contributed by atoms with van der Waals surface area (Å²) < 4.78 is 0.763. The molecule has 0 aliphatic rings. The molecule has 0 unspecified atom stereocenters. The Kier molecular flexibility index (Phi) is 6.13. The monoisotopic (exact) mass is 398 g/mol. The van der Waals surface area contributed by atoms with Gasteiger partial charge >= 0.3 is 0 Å². The quantitative estimate of drug-likeness (QED) is 0.555. The number of thioether (sulfide) groups is 1. The first-order valence-electron chi connectivity index (χ1n) is 8.59. The van der Waals surface area contributed by atoms with E-state index in [1.807, 2.05) is 45.0 Å². The molecule has 1 aromatic heterocycles. The molecule has 1 amide bonds. The van der Waals surface area contributed by atoms with E-state index in [1.165, 1.54) is 28.7 Å². The highest BCUT2D eigenvalue weighted by atomic mass is 32.2. The average molecular weight is 399 g/mol. The standard InChI is InChI=1S/C20H22N4OS2/c1-12-9-14(3)18(15(4)10-12)22-17(25)11-26-20-24-23-19(27-20)21-16-8-6-5-7-13(16)2/h5-10H,11H2,1-4H3,(H,21,23)(H,22,25). The van der Waals surface area contributed by atoms with Gasteiger partial charge in [-0.15, -0.1) is 10.2 Å². The maximum absolute atomic E-state index is 12.3. The highest BCUT2D eigenvalue weighted by molar-refractivity contribution is 8.01. The summed E-state index contributed by atoms with van der Waals surface area (Å²) in [5.74, 6) is 0.254. The van der Waals surface area contributed by atoms with E-state index in [-0.39, 0.29) is 5.91 Å². The fourth-order valence-corrected chi connectivity index (χ4v) is 4.39. The van der Waals surface area contributed by atoms with Gasteiger partial charge in [-0.05, 0) is 50.5 Å². The van der Waals surface area contributed by atoms with Crippen molar-refractivity contribution in [3.8, 4) is 0 Å². The molecule has 0 spiro atoms. The Labute approximate surface area is 167 Å². The number of hydrogen-bond donors (Lipinski definition) is 2. The fraction of sp³-hybridized carbons (Fsp3) is 0.250. The van der Waals surface area contributed by atoms with Gasteiger partial charge in [-0.1, -0.05) is 59.0 Å². The minimum absolute atomic E-state index is 0.0429. The number of benzene rings is 2. The fourth-order valence-electron chi connectivity index (χ4n) is 2.83. The predicted octanol–water partition coefficient (Wildman–Crippen LogP) is 5.25. The molecule has 0 radical (unpaired) electrons. The third-order valence-electron chi connectivity index (χ3n) is 4.06. The molecule has 0 saturated heterocycles. The second-order valence-corrected chi connectivity index (χ2v) is 8.62. The Morgan fingerprint density at radius 3 is 2.44 bits per heavy atom. The smallest absolute Gasteiger partial charge is 0.234 e. The van der Waals surface area contributed by atoms with Crippen LogP contribution in [-0.2, 0) is 4.79 Å². The lowest BCUT2D eigenvalue weighted by Crippen LogP contribution is -2.15. The lowest BCUT2D eigenvalue weighted by Gasteiger charge is -2.12. The van der Waals surface area contributed by atoms with Crippen molar-refractivity contribution in [2.24, 2.45) is 0 Å². The van der Waals surface area contributed by atoms with Crippen molar-refractivity contribution in [3.63, 3.8) is 0 Å². The van der Waals surface area contributed by atoms with Crippen molar-refractivity contribution < 1.29 is 4.79 Å². The van der Waals surface area contributed by atoms with Gasteiger partial charge in [-0.3, -0.25) is 4.79 Å². The third kappa shape index (κ3) is 5.08. The lowest BCUT2D eigenvalue weighted by atomic mass is 10.1. The lowest BCUT2D eigenvalue weighted by molar-refractivity contribution is -0.113. The zero-order valence-electron chi connectivity index (χ0n) is 15.8. The van der Waals surface area contributed by atoms with Crippen LogP contribution in [0.15, 0.2) is 40.7 Å². The number of aromatic nitrogens is 2. The average Bonchev–Trinajstić information content (AvgIpc) is 3.06. The first-order valence-corrected chi connectivity index (χ1v) is 10.4. The molecule has 1 heterocycles. The molecule has 3 aromatic rings. The van der Waals surface area contributed by atoms with Gasteiger partial charge in [0.2, 0.25) is 11.0 Å². The number of amides is 1. The van der Waals surface area contributed by atoms with Crippen molar-refractivity contribution in [2.75, 3.05) is 16.4 Å². The number of para-hydroxylation sites is 1. The molecule has 2 N–H and O–H groups in total. The zero-order valence-corrected chi connectivity index (χ0v) is 17.4. The highest BCUT2D eigenvalue weighted by Gasteiger charge is 2.11. The Hall–Kier alpha value is -2.38. The van der Waals surface area contributed by atoms with Gasteiger partial charge in [-0.25, -0.2) is 0 Å². The van der Waals surface area contributed by atoms with E-state index in [1.54, 1.807) is 0 Å². The van der Waals surface area contributed by atoms with Crippen LogP contribution in [0, 0.1) is 27.7 Å².